The Hall–Kier alpha value is -1.27. The van der Waals surface area contributed by atoms with Gasteiger partial charge < -0.3 is 15.5 Å². The van der Waals surface area contributed by atoms with Crippen LogP contribution in [0.4, 0.5) is 10.2 Å². The van der Waals surface area contributed by atoms with Crippen molar-refractivity contribution in [2.24, 2.45) is 5.73 Å². The van der Waals surface area contributed by atoms with Gasteiger partial charge in [0.15, 0.2) is 11.6 Å². The van der Waals surface area contributed by atoms with Gasteiger partial charge in [-0.1, -0.05) is 6.92 Å². The van der Waals surface area contributed by atoms with Crippen LogP contribution in [0.15, 0.2) is 6.33 Å². The summed E-state index contributed by atoms with van der Waals surface area (Å²) in [5.74, 6) is 0.0911. The molecule has 1 aromatic heterocycles. The van der Waals surface area contributed by atoms with E-state index in [-0.39, 0.29) is 11.9 Å². The minimum absolute atomic E-state index is 0.109. The number of piperazine rings is 1. The van der Waals surface area contributed by atoms with E-state index in [9.17, 15) is 4.39 Å². The number of hydrogen-bond acceptors (Lipinski definition) is 5. The van der Waals surface area contributed by atoms with E-state index in [1.165, 1.54) is 6.33 Å². The zero-order valence-electron chi connectivity index (χ0n) is 10.9. The van der Waals surface area contributed by atoms with Crippen LogP contribution in [-0.2, 0) is 6.42 Å². The van der Waals surface area contributed by atoms with Crippen LogP contribution in [0.1, 0.15) is 12.6 Å². The Morgan fingerprint density at radius 3 is 2.89 bits per heavy atom. The SMILES string of the molecule is CCc1ncnc(N2CCN(C)CC2CN)c1F. The van der Waals surface area contributed by atoms with Crippen LogP contribution in [0.25, 0.3) is 0 Å². The first-order valence-corrected chi connectivity index (χ1v) is 6.32. The summed E-state index contributed by atoms with van der Waals surface area (Å²) < 4.78 is 14.2. The van der Waals surface area contributed by atoms with E-state index >= 15 is 0 Å². The molecule has 0 aliphatic carbocycles. The molecule has 2 heterocycles. The number of anilines is 1. The summed E-state index contributed by atoms with van der Waals surface area (Å²) in [5, 5.41) is 0. The van der Waals surface area contributed by atoms with E-state index in [0.29, 0.717) is 24.5 Å². The first-order valence-electron chi connectivity index (χ1n) is 6.32. The second-order valence-electron chi connectivity index (χ2n) is 4.66. The number of rotatable bonds is 3. The molecule has 2 rings (SSSR count). The molecule has 0 bridgehead atoms. The molecule has 1 aliphatic heterocycles. The van der Waals surface area contributed by atoms with Gasteiger partial charge in [-0.05, 0) is 13.5 Å². The molecule has 0 aromatic carbocycles. The van der Waals surface area contributed by atoms with Crippen LogP contribution in [0.2, 0.25) is 0 Å². The first-order chi connectivity index (χ1) is 8.67. The van der Waals surface area contributed by atoms with Crippen molar-refractivity contribution in [3.05, 3.63) is 17.8 Å². The molecule has 1 aliphatic rings. The molecule has 100 valence electrons. The highest BCUT2D eigenvalue weighted by molar-refractivity contribution is 5.43. The van der Waals surface area contributed by atoms with Crippen LogP contribution < -0.4 is 10.6 Å². The average molecular weight is 253 g/mol. The van der Waals surface area contributed by atoms with Gasteiger partial charge in [0.05, 0.1) is 11.7 Å². The van der Waals surface area contributed by atoms with Crippen molar-refractivity contribution in [2.75, 3.05) is 38.1 Å². The summed E-state index contributed by atoms with van der Waals surface area (Å²) in [7, 11) is 2.05. The van der Waals surface area contributed by atoms with Crippen molar-refractivity contribution in [1.29, 1.82) is 0 Å². The first kappa shape index (κ1) is 13.2. The largest absolute Gasteiger partial charge is 0.347 e. The minimum Gasteiger partial charge on any atom is -0.347 e. The van der Waals surface area contributed by atoms with Crippen molar-refractivity contribution in [1.82, 2.24) is 14.9 Å². The molecule has 6 heteroatoms. The third-order valence-corrected chi connectivity index (χ3v) is 3.41. The zero-order chi connectivity index (χ0) is 13.1. The standard InChI is InChI=1S/C12H20FN5/c1-3-10-11(13)12(16-8-15-10)18-5-4-17(2)7-9(18)6-14/h8-9H,3-7,14H2,1-2H3. The summed E-state index contributed by atoms with van der Waals surface area (Å²) in [4.78, 5) is 12.2. The molecular weight excluding hydrogens is 233 g/mol. The quantitative estimate of drug-likeness (QED) is 0.837. The van der Waals surface area contributed by atoms with Crippen molar-refractivity contribution in [3.8, 4) is 0 Å². The number of nitrogens with two attached hydrogens (primary N) is 1. The van der Waals surface area contributed by atoms with E-state index in [4.69, 9.17) is 5.73 Å². The van der Waals surface area contributed by atoms with Gasteiger partial charge in [0, 0.05) is 26.2 Å². The van der Waals surface area contributed by atoms with E-state index in [1.807, 2.05) is 18.9 Å². The molecule has 2 N–H and O–H groups in total. The number of nitrogens with zero attached hydrogens (tertiary/aromatic N) is 4. The third-order valence-electron chi connectivity index (χ3n) is 3.41. The Kier molecular flexibility index (Phi) is 4.08. The highest BCUT2D eigenvalue weighted by Crippen LogP contribution is 2.22. The fourth-order valence-corrected chi connectivity index (χ4v) is 2.33. The number of hydrogen-bond donors (Lipinski definition) is 1. The van der Waals surface area contributed by atoms with Crippen molar-refractivity contribution in [2.45, 2.75) is 19.4 Å². The Labute approximate surface area is 107 Å². The maximum Gasteiger partial charge on any atom is 0.187 e. The van der Waals surface area contributed by atoms with E-state index in [1.54, 1.807) is 0 Å². The summed E-state index contributed by atoms with van der Waals surface area (Å²) in [6.07, 6.45) is 2.01. The fourth-order valence-electron chi connectivity index (χ4n) is 2.33. The third kappa shape index (κ3) is 2.44. The van der Waals surface area contributed by atoms with Crippen LogP contribution in [-0.4, -0.2) is 54.1 Å². The van der Waals surface area contributed by atoms with Gasteiger partial charge >= 0.3 is 0 Å². The zero-order valence-corrected chi connectivity index (χ0v) is 10.9. The molecule has 0 amide bonds. The van der Waals surface area contributed by atoms with Crippen LogP contribution >= 0.6 is 0 Å². The maximum absolute atomic E-state index is 14.2. The smallest absolute Gasteiger partial charge is 0.187 e. The summed E-state index contributed by atoms with van der Waals surface area (Å²) in [6.45, 7) is 4.85. The molecule has 1 aromatic rings. The topological polar surface area (TPSA) is 58.3 Å². The lowest BCUT2D eigenvalue weighted by Gasteiger charge is -2.40. The highest BCUT2D eigenvalue weighted by Gasteiger charge is 2.28. The number of likely N-dealkylation sites (N-methyl/N-ethyl adjacent to an activating group) is 1. The lowest BCUT2D eigenvalue weighted by atomic mass is 10.1. The van der Waals surface area contributed by atoms with Crippen molar-refractivity contribution in [3.63, 3.8) is 0 Å². The molecule has 18 heavy (non-hydrogen) atoms. The number of halogens is 1. The van der Waals surface area contributed by atoms with Gasteiger partial charge in [0.1, 0.15) is 6.33 Å². The molecular formula is C12H20FN5. The van der Waals surface area contributed by atoms with Crippen LogP contribution in [0.3, 0.4) is 0 Å². The Bertz CT molecular complexity index is 411. The summed E-state index contributed by atoms with van der Waals surface area (Å²) in [6, 6.07) is 0.109. The highest BCUT2D eigenvalue weighted by atomic mass is 19.1. The second-order valence-corrected chi connectivity index (χ2v) is 4.66. The molecule has 1 unspecified atom stereocenters. The van der Waals surface area contributed by atoms with Crippen molar-refractivity contribution < 1.29 is 4.39 Å². The maximum atomic E-state index is 14.2. The van der Waals surface area contributed by atoms with Gasteiger partial charge in [-0.25, -0.2) is 14.4 Å². The van der Waals surface area contributed by atoms with Gasteiger partial charge in [-0.3, -0.25) is 0 Å². The Balaban J connectivity index is 2.29. The number of aryl methyl sites for hydroxylation is 1. The van der Waals surface area contributed by atoms with E-state index in [0.717, 1.165) is 19.6 Å². The monoisotopic (exact) mass is 253 g/mol. The minimum atomic E-state index is -0.303. The predicted molar refractivity (Wildman–Crippen MR) is 69.1 cm³/mol. The summed E-state index contributed by atoms with van der Waals surface area (Å²) in [5.41, 5.74) is 6.25. The molecule has 0 saturated carbocycles. The molecule has 1 fully saturated rings. The second kappa shape index (κ2) is 5.58. The van der Waals surface area contributed by atoms with Gasteiger partial charge in [0.25, 0.3) is 0 Å². The molecule has 1 saturated heterocycles. The van der Waals surface area contributed by atoms with Gasteiger partial charge in [0.2, 0.25) is 0 Å². The summed E-state index contributed by atoms with van der Waals surface area (Å²) >= 11 is 0. The predicted octanol–water partition coefficient (Wildman–Crippen LogP) is 0.257. The molecule has 0 spiro atoms. The van der Waals surface area contributed by atoms with E-state index in [2.05, 4.69) is 14.9 Å². The lowest BCUT2D eigenvalue weighted by Crippen LogP contribution is -2.55. The molecule has 0 radical (unpaired) electrons. The number of aromatic nitrogens is 2. The lowest BCUT2D eigenvalue weighted by molar-refractivity contribution is 0.267. The van der Waals surface area contributed by atoms with Gasteiger partial charge in [-0.15, -0.1) is 0 Å². The Morgan fingerprint density at radius 1 is 1.44 bits per heavy atom. The van der Waals surface area contributed by atoms with Crippen molar-refractivity contribution >= 4 is 5.82 Å². The van der Waals surface area contributed by atoms with Crippen LogP contribution in [0, 0.1) is 5.82 Å². The van der Waals surface area contributed by atoms with E-state index < -0.39 is 0 Å². The average Bonchev–Trinajstić information content (AvgIpc) is 2.39. The molecule has 5 nitrogen and oxygen atoms in total. The van der Waals surface area contributed by atoms with Gasteiger partial charge in [-0.2, -0.15) is 0 Å². The Morgan fingerprint density at radius 2 is 2.22 bits per heavy atom. The fraction of sp³-hybridized carbons (Fsp3) is 0.667. The normalized spacial score (nSPS) is 21.3. The van der Waals surface area contributed by atoms with Crippen LogP contribution in [0.5, 0.6) is 0 Å². The molecule has 1 atom stereocenters.